The molecule has 0 bridgehead atoms. The molecule has 9 nitrogen and oxygen atoms in total. The number of amides is 2. The molecule has 41 heavy (non-hydrogen) atoms. The lowest BCUT2D eigenvalue weighted by Gasteiger charge is -2.37. The van der Waals surface area contributed by atoms with E-state index in [1.807, 2.05) is 48.8 Å². The number of aryl methyl sites for hydroxylation is 1. The number of pyridine rings is 1. The molecule has 1 aromatic carbocycles. The molecule has 1 fully saturated rings. The Balaban J connectivity index is 1.29. The molecule has 0 radical (unpaired) electrons. The minimum atomic E-state index is -0.505. The molecule has 9 heteroatoms. The number of hydrogen-bond acceptors (Lipinski definition) is 6. The Morgan fingerprint density at radius 2 is 1.68 bits per heavy atom. The first-order valence-corrected chi connectivity index (χ1v) is 14.5. The van der Waals surface area contributed by atoms with E-state index < -0.39 is 5.60 Å². The van der Waals surface area contributed by atoms with Crippen molar-refractivity contribution in [1.29, 1.82) is 0 Å². The summed E-state index contributed by atoms with van der Waals surface area (Å²) < 4.78 is 7.54. The summed E-state index contributed by atoms with van der Waals surface area (Å²) in [6.45, 7) is 18.0. The lowest BCUT2D eigenvalue weighted by atomic mass is 9.97. The van der Waals surface area contributed by atoms with E-state index in [0.29, 0.717) is 44.8 Å². The van der Waals surface area contributed by atoms with Gasteiger partial charge in [-0.05, 0) is 71.2 Å². The standard InChI is InChI=1S/C32H42N6O3/c1-22-18-23(8-9-24(22)21-37-13-11-27-26(29(37)39)19-34-38(27)31(2,3)4)25-10-12-33-20-28(25)35-14-16-36(17-15-35)30(40)41-32(5,6)7/h8-10,12,18-20H,11,13-17,21H2,1-7H3. The number of ether oxygens (including phenoxy) is 1. The first kappa shape index (κ1) is 28.6. The van der Waals surface area contributed by atoms with Crippen LogP contribution in [0.2, 0.25) is 0 Å². The Bertz CT molecular complexity index is 1440. The lowest BCUT2D eigenvalue weighted by molar-refractivity contribution is 0.0240. The van der Waals surface area contributed by atoms with Gasteiger partial charge in [0.25, 0.3) is 5.91 Å². The molecule has 2 aliphatic heterocycles. The Labute approximate surface area is 243 Å². The average molecular weight is 559 g/mol. The van der Waals surface area contributed by atoms with Crippen molar-refractivity contribution < 1.29 is 14.3 Å². The van der Waals surface area contributed by atoms with Crippen molar-refractivity contribution in [2.24, 2.45) is 0 Å². The van der Waals surface area contributed by atoms with E-state index >= 15 is 0 Å². The Kier molecular flexibility index (Phi) is 7.57. The highest BCUT2D eigenvalue weighted by Crippen LogP contribution is 2.33. The van der Waals surface area contributed by atoms with Crippen molar-refractivity contribution in [2.75, 3.05) is 37.6 Å². The van der Waals surface area contributed by atoms with Crippen molar-refractivity contribution in [3.8, 4) is 11.1 Å². The van der Waals surface area contributed by atoms with Gasteiger partial charge in [-0.25, -0.2) is 4.79 Å². The zero-order valence-electron chi connectivity index (χ0n) is 25.4. The number of piperazine rings is 1. The van der Waals surface area contributed by atoms with Crippen LogP contribution >= 0.6 is 0 Å². The molecule has 4 heterocycles. The van der Waals surface area contributed by atoms with Crippen molar-refractivity contribution >= 4 is 17.7 Å². The fraction of sp³-hybridized carbons (Fsp3) is 0.500. The minimum Gasteiger partial charge on any atom is -0.444 e. The lowest BCUT2D eigenvalue weighted by Crippen LogP contribution is -2.50. The normalized spacial score (nSPS) is 16.2. The maximum absolute atomic E-state index is 13.3. The van der Waals surface area contributed by atoms with Crippen molar-refractivity contribution in [3.63, 3.8) is 0 Å². The summed E-state index contributed by atoms with van der Waals surface area (Å²) >= 11 is 0. The highest BCUT2D eigenvalue weighted by atomic mass is 16.6. The van der Waals surface area contributed by atoms with Crippen LogP contribution in [-0.4, -0.2) is 74.9 Å². The number of nitrogens with zero attached hydrogens (tertiary/aromatic N) is 6. The SMILES string of the molecule is Cc1cc(-c2ccncc2N2CCN(C(=O)OC(C)(C)C)CC2)ccc1CN1CCc2c(cnn2C(C)(C)C)C1=O. The van der Waals surface area contributed by atoms with Crippen LogP contribution in [0.5, 0.6) is 0 Å². The second-order valence-electron chi connectivity index (χ2n) is 13.1. The summed E-state index contributed by atoms with van der Waals surface area (Å²) in [7, 11) is 0. The van der Waals surface area contributed by atoms with Gasteiger partial charge in [-0.2, -0.15) is 5.10 Å². The predicted octanol–water partition coefficient (Wildman–Crippen LogP) is 5.26. The number of rotatable bonds is 4. The van der Waals surface area contributed by atoms with Gasteiger partial charge in [-0.3, -0.25) is 14.5 Å². The number of carbonyl (C=O) groups is 2. The van der Waals surface area contributed by atoms with Gasteiger partial charge in [-0.1, -0.05) is 18.2 Å². The van der Waals surface area contributed by atoms with Crippen LogP contribution < -0.4 is 4.90 Å². The molecule has 1 saturated heterocycles. The molecule has 3 aromatic rings. The fourth-order valence-electron chi connectivity index (χ4n) is 5.62. The van der Waals surface area contributed by atoms with Gasteiger partial charge in [-0.15, -0.1) is 0 Å². The summed E-state index contributed by atoms with van der Waals surface area (Å²) in [6.07, 6.45) is 5.99. The third kappa shape index (κ3) is 6.09. The van der Waals surface area contributed by atoms with Crippen LogP contribution in [0.4, 0.5) is 10.5 Å². The Morgan fingerprint density at radius 3 is 2.34 bits per heavy atom. The van der Waals surface area contributed by atoms with E-state index in [9.17, 15) is 9.59 Å². The minimum absolute atomic E-state index is 0.0483. The summed E-state index contributed by atoms with van der Waals surface area (Å²) in [5.41, 5.74) is 6.63. The second kappa shape index (κ2) is 10.8. The van der Waals surface area contributed by atoms with Crippen molar-refractivity contribution in [2.45, 2.75) is 72.6 Å². The monoisotopic (exact) mass is 558 g/mol. The van der Waals surface area contributed by atoms with Gasteiger partial charge < -0.3 is 19.4 Å². The van der Waals surface area contributed by atoms with Gasteiger partial charge in [0, 0.05) is 57.4 Å². The maximum atomic E-state index is 13.3. The highest BCUT2D eigenvalue weighted by molar-refractivity contribution is 5.96. The number of carbonyl (C=O) groups excluding carboxylic acids is 2. The third-order valence-electron chi connectivity index (χ3n) is 7.73. The topological polar surface area (TPSA) is 83.8 Å². The van der Waals surface area contributed by atoms with Crippen LogP contribution in [0.15, 0.2) is 42.9 Å². The number of aromatic nitrogens is 3. The zero-order valence-corrected chi connectivity index (χ0v) is 25.4. The Hall–Kier alpha value is -3.88. The molecule has 0 aliphatic carbocycles. The van der Waals surface area contributed by atoms with Crippen LogP contribution in [0.25, 0.3) is 11.1 Å². The van der Waals surface area contributed by atoms with Crippen molar-refractivity contribution in [1.82, 2.24) is 24.6 Å². The molecule has 2 amide bonds. The van der Waals surface area contributed by atoms with Crippen LogP contribution in [0.1, 0.15) is 68.7 Å². The molecule has 0 atom stereocenters. The van der Waals surface area contributed by atoms with Gasteiger partial charge in [0.15, 0.2) is 0 Å². The number of anilines is 1. The first-order valence-electron chi connectivity index (χ1n) is 14.5. The highest BCUT2D eigenvalue weighted by Gasteiger charge is 2.31. The van der Waals surface area contributed by atoms with E-state index in [0.717, 1.165) is 40.1 Å². The largest absolute Gasteiger partial charge is 0.444 e. The fourth-order valence-corrected chi connectivity index (χ4v) is 5.62. The number of benzene rings is 1. The maximum Gasteiger partial charge on any atom is 0.410 e. The molecule has 5 rings (SSSR count). The molecule has 0 unspecified atom stereocenters. The van der Waals surface area contributed by atoms with Gasteiger partial charge in [0.05, 0.1) is 34.9 Å². The smallest absolute Gasteiger partial charge is 0.410 e. The van der Waals surface area contributed by atoms with Crippen molar-refractivity contribution in [3.05, 3.63) is 65.2 Å². The molecule has 218 valence electrons. The summed E-state index contributed by atoms with van der Waals surface area (Å²) in [5, 5.41) is 4.53. The number of fused-ring (bicyclic) bond motifs is 1. The molecule has 0 N–H and O–H groups in total. The van der Waals surface area contributed by atoms with E-state index in [2.05, 4.69) is 60.9 Å². The summed E-state index contributed by atoms with van der Waals surface area (Å²) in [6, 6.07) is 8.52. The van der Waals surface area contributed by atoms with Crippen LogP contribution in [-0.2, 0) is 23.2 Å². The molecule has 2 aromatic heterocycles. The predicted molar refractivity (Wildman–Crippen MR) is 160 cm³/mol. The van der Waals surface area contributed by atoms with Gasteiger partial charge >= 0.3 is 6.09 Å². The quantitative estimate of drug-likeness (QED) is 0.434. The molecular formula is C32H42N6O3. The molecule has 0 spiro atoms. The molecular weight excluding hydrogens is 516 g/mol. The number of hydrogen-bond donors (Lipinski definition) is 0. The van der Waals surface area contributed by atoms with Crippen LogP contribution in [0.3, 0.4) is 0 Å². The average Bonchev–Trinajstić information content (AvgIpc) is 3.36. The molecule has 2 aliphatic rings. The third-order valence-corrected chi connectivity index (χ3v) is 7.73. The second-order valence-corrected chi connectivity index (χ2v) is 13.1. The summed E-state index contributed by atoms with van der Waals surface area (Å²) in [5.74, 6) is 0.0483. The van der Waals surface area contributed by atoms with Crippen LogP contribution in [0, 0.1) is 6.92 Å². The van der Waals surface area contributed by atoms with Gasteiger partial charge in [0.2, 0.25) is 0 Å². The summed E-state index contributed by atoms with van der Waals surface area (Å²) in [4.78, 5) is 36.3. The first-order chi connectivity index (χ1) is 19.3. The van der Waals surface area contributed by atoms with E-state index in [1.54, 1.807) is 11.1 Å². The zero-order chi connectivity index (χ0) is 29.5. The Morgan fingerprint density at radius 1 is 0.951 bits per heavy atom. The van der Waals surface area contributed by atoms with Gasteiger partial charge in [0.1, 0.15) is 5.60 Å². The van der Waals surface area contributed by atoms with E-state index in [1.165, 1.54) is 0 Å². The van der Waals surface area contributed by atoms with E-state index in [4.69, 9.17) is 4.74 Å². The van der Waals surface area contributed by atoms with E-state index in [-0.39, 0.29) is 17.5 Å². The molecule has 0 saturated carbocycles.